The first-order valence-corrected chi connectivity index (χ1v) is 12.1. The van der Waals surface area contributed by atoms with E-state index in [0.29, 0.717) is 0 Å². The summed E-state index contributed by atoms with van der Waals surface area (Å²) in [5, 5.41) is 2.23. The maximum atomic E-state index is 4.62. The van der Waals surface area contributed by atoms with Gasteiger partial charge in [-0.1, -0.05) is 15.9 Å². The molecule has 0 fully saturated rings. The van der Waals surface area contributed by atoms with E-state index in [1.807, 2.05) is 0 Å². The Morgan fingerprint density at radius 3 is 2.62 bits per heavy atom. The summed E-state index contributed by atoms with van der Waals surface area (Å²) in [6.07, 6.45) is 2.13. The fourth-order valence-corrected chi connectivity index (χ4v) is 8.29. The van der Waals surface area contributed by atoms with Gasteiger partial charge >= 0.3 is 0 Å². The number of hydrogen-bond donors (Lipinski definition) is 0. The molecule has 10 heteroatoms. The van der Waals surface area contributed by atoms with Crippen molar-refractivity contribution in [1.82, 2.24) is 8.75 Å². The molecule has 3 aromatic rings. The maximum absolute atomic E-state index is 4.62. The van der Waals surface area contributed by atoms with Gasteiger partial charge < -0.3 is 0 Å². The summed E-state index contributed by atoms with van der Waals surface area (Å²) in [6, 6.07) is 4.15. The Morgan fingerprint density at radius 2 is 1.88 bits per heavy atom. The number of fused-ring (bicyclic) bond motifs is 2. The maximum Gasteiger partial charge on any atom is 0.120 e. The molecule has 0 bridgehead atoms. The molecule has 120 valence electrons. The summed E-state index contributed by atoms with van der Waals surface area (Å²) in [7, 11) is -0.0481. The summed E-state index contributed by atoms with van der Waals surface area (Å²) < 4.78 is 20.8. The van der Waals surface area contributed by atoms with Gasteiger partial charge in [-0.25, -0.2) is 0 Å². The van der Waals surface area contributed by atoms with Crippen LogP contribution in [0.5, 0.6) is 0 Å². The molecule has 0 aliphatic carbocycles. The van der Waals surface area contributed by atoms with E-state index in [2.05, 4.69) is 72.9 Å². The fourth-order valence-electron chi connectivity index (χ4n) is 2.70. The molecule has 1 unspecified atom stereocenters. The van der Waals surface area contributed by atoms with Crippen molar-refractivity contribution < 1.29 is 0 Å². The van der Waals surface area contributed by atoms with Gasteiger partial charge in [0.25, 0.3) is 0 Å². The lowest BCUT2D eigenvalue weighted by molar-refractivity contribution is 1.41. The highest BCUT2D eigenvalue weighted by molar-refractivity contribution is 9.12. The SMILES string of the molecule is BrC1=CC=S(c2c3c(c(-c4ccc(Br)s4)c4nsnc24)N=S=N3)C1. The monoisotopic (exact) mass is 516 g/mol. The van der Waals surface area contributed by atoms with E-state index in [0.717, 1.165) is 42.4 Å². The van der Waals surface area contributed by atoms with Crippen molar-refractivity contribution in [3.05, 3.63) is 26.5 Å². The highest BCUT2D eigenvalue weighted by Gasteiger charge is 2.27. The Bertz CT molecular complexity index is 1150. The minimum absolute atomic E-state index is 0.0481. The Hall–Kier alpha value is -0.520. The summed E-state index contributed by atoms with van der Waals surface area (Å²) in [6.45, 7) is 0. The Labute approximate surface area is 168 Å². The van der Waals surface area contributed by atoms with E-state index in [9.17, 15) is 0 Å². The number of hydrogen-bond acceptors (Lipinski definition) is 6. The van der Waals surface area contributed by atoms with Crippen molar-refractivity contribution in [3.8, 4) is 10.4 Å². The number of aromatic nitrogens is 2. The van der Waals surface area contributed by atoms with Gasteiger partial charge in [0.05, 0.1) is 31.8 Å². The third-order valence-electron chi connectivity index (χ3n) is 3.67. The standard InChI is InChI=1S/C14H6Br2N4S4/c15-6-3-4-24(5-6)14-12-10(17-22-19-12)9(7-1-2-8(16)21-7)11-13(14)20-23-18-11/h1-4H,5H2. The molecule has 0 amide bonds. The highest BCUT2D eigenvalue weighted by Crippen LogP contribution is 2.55. The Kier molecular flexibility index (Phi) is 3.95. The van der Waals surface area contributed by atoms with Gasteiger partial charge in [-0.2, -0.15) is 17.5 Å². The largest absolute Gasteiger partial charge is 0.172 e. The average Bonchev–Trinajstić information content (AvgIpc) is 3.31. The van der Waals surface area contributed by atoms with Crippen molar-refractivity contribution in [2.45, 2.75) is 4.90 Å². The van der Waals surface area contributed by atoms with Crippen LogP contribution in [0, 0.1) is 0 Å². The van der Waals surface area contributed by atoms with Gasteiger partial charge in [0, 0.05) is 20.7 Å². The molecule has 4 nitrogen and oxygen atoms in total. The molecular weight excluding hydrogens is 512 g/mol. The zero-order valence-corrected chi connectivity index (χ0v) is 18.1. The summed E-state index contributed by atoms with van der Waals surface area (Å²) >= 11 is 11.4. The fraction of sp³-hybridized carbons (Fsp3) is 0.0714. The van der Waals surface area contributed by atoms with Gasteiger partial charge in [0.15, 0.2) is 0 Å². The molecule has 24 heavy (non-hydrogen) atoms. The lowest BCUT2D eigenvalue weighted by Gasteiger charge is -2.12. The summed E-state index contributed by atoms with van der Waals surface area (Å²) in [5.74, 6) is 0.961. The number of nitrogens with zero attached hydrogens (tertiary/aromatic N) is 4. The highest BCUT2D eigenvalue weighted by atomic mass is 79.9. The summed E-state index contributed by atoms with van der Waals surface area (Å²) in [5.41, 5.74) is 4.86. The van der Waals surface area contributed by atoms with Gasteiger partial charge in [-0.05, 0) is 39.5 Å². The predicted octanol–water partition coefficient (Wildman–Crippen LogP) is 6.63. The van der Waals surface area contributed by atoms with E-state index in [4.69, 9.17) is 0 Å². The van der Waals surface area contributed by atoms with Crippen LogP contribution in [0.15, 0.2) is 40.1 Å². The average molecular weight is 518 g/mol. The molecule has 0 saturated heterocycles. The molecule has 4 heterocycles. The molecule has 0 radical (unpaired) electrons. The van der Waals surface area contributed by atoms with Crippen LogP contribution in [0.3, 0.4) is 0 Å². The zero-order valence-electron chi connectivity index (χ0n) is 11.7. The van der Waals surface area contributed by atoms with Crippen LogP contribution in [-0.4, -0.2) is 19.9 Å². The third kappa shape index (κ3) is 2.38. The zero-order chi connectivity index (χ0) is 16.3. The molecular formula is C14H6Br2N4S4. The van der Waals surface area contributed by atoms with Crippen molar-refractivity contribution in [2.24, 2.45) is 8.73 Å². The smallest absolute Gasteiger partial charge is 0.120 e. The first kappa shape index (κ1) is 15.7. The molecule has 2 aliphatic heterocycles. The lowest BCUT2D eigenvalue weighted by Crippen LogP contribution is -1.87. The van der Waals surface area contributed by atoms with Crippen LogP contribution in [0.4, 0.5) is 11.4 Å². The number of rotatable bonds is 2. The van der Waals surface area contributed by atoms with Gasteiger partial charge in [-0.3, -0.25) is 0 Å². The van der Waals surface area contributed by atoms with Crippen molar-refractivity contribution in [1.29, 1.82) is 0 Å². The normalized spacial score (nSPS) is 18.6. The van der Waals surface area contributed by atoms with Crippen LogP contribution in [-0.2, 0) is 11.4 Å². The van der Waals surface area contributed by atoms with E-state index in [1.54, 1.807) is 11.3 Å². The van der Waals surface area contributed by atoms with Crippen LogP contribution < -0.4 is 0 Å². The second-order valence-electron chi connectivity index (χ2n) is 5.05. The molecule has 2 aromatic heterocycles. The molecule has 2 aliphatic rings. The number of allylic oxidation sites excluding steroid dienone is 1. The van der Waals surface area contributed by atoms with E-state index in [-0.39, 0.29) is 10.5 Å². The second kappa shape index (κ2) is 6.03. The van der Waals surface area contributed by atoms with E-state index < -0.39 is 0 Å². The molecule has 1 aromatic carbocycles. The van der Waals surface area contributed by atoms with Gasteiger partial charge in [0.2, 0.25) is 0 Å². The third-order valence-corrected chi connectivity index (χ3v) is 9.28. The van der Waals surface area contributed by atoms with Crippen LogP contribution in [0.1, 0.15) is 0 Å². The quantitative estimate of drug-likeness (QED) is 0.280. The number of thiophene rings is 1. The Morgan fingerprint density at radius 1 is 1.04 bits per heavy atom. The van der Waals surface area contributed by atoms with Crippen LogP contribution >= 0.6 is 65.4 Å². The van der Waals surface area contributed by atoms with Gasteiger partial charge in [0.1, 0.15) is 22.4 Å². The van der Waals surface area contributed by atoms with Crippen molar-refractivity contribution in [3.63, 3.8) is 0 Å². The molecule has 5 rings (SSSR count). The van der Waals surface area contributed by atoms with Gasteiger partial charge in [-0.15, -0.1) is 21.8 Å². The predicted molar refractivity (Wildman–Crippen MR) is 114 cm³/mol. The number of halogens is 2. The van der Waals surface area contributed by atoms with Crippen LogP contribution in [0.2, 0.25) is 0 Å². The molecule has 0 spiro atoms. The van der Waals surface area contributed by atoms with E-state index >= 15 is 0 Å². The molecule has 0 N–H and O–H groups in total. The molecule has 1 atom stereocenters. The van der Waals surface area contributed by atoms with Crippen LogP contribution in [0.25, 0.3) is 21.5 Å². The minimum atomic E-state index is -0.0481. The topological polar surface area (TPSA) is 50.5 Å². The second-order valence-corrected chi connectivity index (χ2v) is 11.4. The van der Waals surface area contributed by atoms with E-state index in [1.165, 1.54) is 32.5 Å². The first-order chi connectivity index (χ1) is 11.7. The van der Waals surface area contributed by atoms with Crippen molar-refractivity contribution in [2.75, 3.05) is 5.75 Å². The summed E-state index contributed by atoms with van der Waals surface area (Å²) in [4.78, 5) is 2.31. The lowest BCUT2D eigenvalue weighted by atomic mass is 10.1. The first-order valence-electron chi connectivity index (χ1n) is 6.78. The molecule has 0 saturated carbocycles. The number of benzene rings is 1. The van der Waals surface area contributed by atoms with Crippen molar-refractivity contribution >= 4 is 105 Å². The Balaban J connectivity index is 1.86. The minimum Gasteiger partial charge on any atom is -0.172 e.